The van der Waals surface area contributed by atoms with Crippen molar-refractivity contribution in [2.75, 3.05) is 5.32 Å². The third-order valence-corrected chi connectivity index (χ3v) is 5.09. The number of anilines is 1. The van der Waals surface area contributed by atoms with Crippen LogP contribution in [0.2, 0.25) is 0 Å². The Hall–Kier alpha value is -3.01. The summed E-state index contributed by atoms with van der Waals surface area (Å²) in [5.41, 5.74) is 5.23. The summed E-state index contributed by atoms with van der Waals surface area (Å²) in [6, 6.07) is 18.5. The van der Waals surface area contributed by atoms with Gasteiger partial charge in [0.25, 0.3) is 0 Å². The molecule has 136 valence electrons. The van der Waals surface area contributed by atoms with Crippen LogP contribution in [0, 0.1) is 6.92 Å². The van der Waals surface area contributed by atoms with Crippen molar-refractivity contribution < 1.29 is 4.79 Å². The van der Waals surface area contributed by atoms with Gasteiger partial charge in [-0.2, -0.15) is 0 Å². The van der Waals surface area contributed by atoms with Crippen LogP contribution < -0.4 is 5.32 Å². The first-order valence-corrected chi connectivity index (χ1v) is 9.41. The summed E-state index contributed by atoms with van der Waals surface area (Å²) in [4.78, 5) is 20.9. The molecule has 4 heteroatoms. The third kappa shape index (κ3) is 3.75. The Morgan fingerprint density at radius 3 is 2.78 bits per heavy atom. The molecule has 0 amide bonds. The van der Waals surface area contributed by atoms with Gasteiger partial charge >= 0.3 is 0 Å². The second kappa shape index (κ2) is 7.31. The molecule has 0 spiro atoms. The number of fused-ring (bicyclic) bond motifs is 1. The van der Waals surface area contributed by atoms with Crippen molar-refractivity contribution in [2.45, 2.75) is 39.2 Å². The van der Waals surface area contributed by atoms with E-state index >= 15 is 0 Å². The maximum absolute atomic E-state index is 11.7. The number of benzene rings is 2. The minimum atomic E-state index is 0.0554. The van der Waals surface area contributed by atoms with Gasteiger partial charge in [-0.1, -0.05) is 42.5 Å². The second-order valence-corrected chi connectivity index (χ2v) is 7.11. The van der Waals surface area contributed by atoms with Crippen molar-refractivity contribution in [1.82, 2.24) is 9.97 Å². The van der Waals surface area contributed by atoms with Crippen molar-refractivity contribution in [1.29, 1.82) is 0 Å². The van der Waals surface area contributed by atoms with Gasteiger partial charge in [0, 0.05) is 17.2 Å². The van der Waals surface area contributed by atoms with E-state index in [1.807, 2.05) is 37.3 Å². The van der Waals surface area contributed by atoms with Gasteiger partial charge in [-0.25, -0.2) is 9.97 Å². The van der Waals surface area contributed by atoms with Crippen molar-refractivity contribution in [2.24, 2.45) is 0 Å². The van der Waals surface area contributed by atoms with Crippen molar-refractivity contribution >= 4 is 11.6 Å². The predicted molar refractivity (Wildman–Crippen MR) is 108 cm³/mol. The molecule has 0 saturated heterocycles. The summed E-state index contributed by atoms with van der Waals surface area (Å²) in [5, 5.41) is 3.61. The van der Waals surface area contributed by atoms with Gasteiger partial charge in [0.2, 0.25) is 0 Å². The summed E-state index contributed by atoms with van der Waals surface area (Å²) in [5.74, 6) is 1.60. The minimum Gasteiger partial charge on any atom is -0.363 e. The molecule has 27 heavy (non-hydrogen) atoms. The average molecular weight is 357 g/mol. The summed E-state index contributed by atoms with van der Waals surface area (Å²) >= 11 is 0. The van der Waals surface area contributed by atoms with Gasteiger partial charge in [0.1, 0.15) is 11.6 Å². The zero-order valence-electron chi connectivity index (χ0n) is 15.7. The van der Waals surface area contributed by atoms with Gasteiger partial charge in [0.05, 0.1) is 11.7 Å². The molecule has 0 bridgehead atoms. The Bertz CT molecular complexity index is 996. The quantitative estimate of drug-likeness (QED) is 0.657. The van der Waals surface area contributed by atoms with Crippen LogP contribution in [0.5, 0.6) is 0 Å². The molecule has 4 nitrogen and oxygen atoms in total. The number of carbonyl (C=O) groups is 1. The molecule has 2 aromatic carbocycles. The zero-order chi connectivity index (χ0) is 18.8. The highest BCUT2D eigenvalue weighted by Crippen LogP contribution is 2.32. The van der Waals surface area contributed by atoms with E-state index in [1.165, 1.54) is 17.5 Å². The van der Waals surface area contributed by atoms with E-state index in [2.05, 4.69) is 39.6 Å². The van der Waals surface area contributed by atoms with E-state index in [1.54, 1.807) is 6.92 Å². The van der Waals surface area contributed by atoms with E-state index in [0.717, 1.165) is 29.9 Å². The number of hydrogen-bond acceptors (Lipinski definition) is 4. The number of nitrogens with zero attached hydrogens (tertiary/aromatic N) is 2. The predicted octanol–water partition coefficient (Wildman–Crippen LogP) is 5.14. The Balaban J connectivity index is 1.66. The van der Waals surface area contributed by atoms with E-state index < -0.39 is 0 Å². The molecule has 1 N–H and O–H groups in total. The van der Waals surface area contributed by atoms with Crippen LogP contribution in [0.25, 0.3) is 11.3 Å². The highest BCUT2D eigenvalue weighted by Gasteiger charge is 2.20. The Labute approximate surface area is 159 Å². The van der Waals surface area contributed by atoms with Gasteiger partial charge in [-0.05, 0) is 50.3 Å². The number of Topliss-reactive ketones (excluding diaryl/α,β-unsaturated/α-hetero) is 1. The lowest BCUT2D eigenvalue weighted by Crippen LogP contribution is -2.18. The Morgan fingerprint density at radius 1 is 1.07 bits per heavy atom. The van der Waals surface area contributed by atoms with Crippen LogP contribution in [-0.4, -0.2) is 15.8 Å². The highest BCUT2D eigenvalue weighted by molar-refractivity contribution is 5.95. The number of ketones is 1. The van der Waals surface area contributed by atoms with E-state index in [9.17, 15) is 4.79 Å². The van der Waals surface area contributed by atoms with Crippen LogP contribution in [0.1, 0.15) is 53.1 Å². The number of nitrogens with one attached hydrogen (secondary N) is 1. The smallest absolute Gasteiger partial charge is 0.159 e. The summed E-state index contributed by atoms with van der Waals surface area (Å²) < 4.78 is 0. The molecule has 1 aliphatic carbocycles. The largest absolute Gasteiger partial charge is 0.363 e. The molecule has 0 saturated carbocycles. The van der Waals surface area contributed by atoms with Crippen LogP contribution in [0.4, 0.5) is 5.82 Å². The lowest BCUT2D eigenvalue weighted by Gasteiger charge is -2.27. The molecule has 1 aromatic heterocycles. The normalized spacial score (nSPS) is 15.9. The van der Waals surface area contributed by atoms with E-state index in [4.69, 9.17) is 0 Å². The van der Waals surface area contributed by atoms with Crippen LogP contribution in [-0.2, 0) is 6.42 Å². The number of hydrogen-bond donors (Lipinski definition) is 1. The molecular weight excluding hydrogens is 334 g/mol. The fourth-order valence-electron chi connectivity index (χ4n) is 3.77. The monoisotopic (exact) mass is 357 g/mol. The lowest BCUT2D eigenvalue weighted by atomic mass is 9.88. The minimum absolute atomic E-state index is 0.0554. The molecule has 1 aliphatic rings. The zero-order valence-corrected chi connectivity index (χ0v) is 15.7. The average Bonchev–Trinajstić information content (AvgIpc) is 2.68. The second-order valence-electron chi connectivity index (χ2n) is 7.11. The topological polar surface area (TPSA) is 54.9 Å². The third-order valence-electron chi connectivity index (χ3n) is 5.09. The van der Waals surface area contributed by atoms with Crippen molar-refractivity contribution in [3.63, 3.8) is 0 Å². The molecule has 3 aromatic rings. The van der Waals surface area contributed by atoms with Gasteiger partial charge in [0.15, 0.2) is 5.78 Å². The molecule has 0 aliphatic heterocycles. The maximum atomic E-state index is 11.7. The number of aryl methyl sites for hydroxylation is 2. The number of carbonyl (C=O) groups excluding carboxylic acids is 1. The lowest BCUT2D eigenvalue weighted by molar-refractivity contribution is 0.101. The first-order chi connectivity index (χ1) is 13.1. The van der Waals surface area contributed by atoms with Crippen LogP contribution in [0.15, 0.2) is 54.6 Å². The SMILES string of the molecule is CC(=O)c1cccc(-c2cc(NC3CCCc4ccccc43)nc(C)n2)c1. The van der Waals surface area contributed by atoms with Gasteiger partial charge < -0.3 is 5.32 Å². The summed E-state index contributed by atoms with van der Waals surface area (Å²) in [6.07, 6.45) is 3.40. The van der Waals surface area contributed by atoms with Crippen LogP contribution >= 0.6 is 0 Å². The molecule has 0 radical (unpaired) electrons. The molecular formula is C23H23N3O. The van der Waals surface area contributed by atoms with E-state index in [0.29, 0.717) is 11.4 Å². The van der Waals surface area contributed by atoms with Crippen molar-refractivity contribution in [3.8, 4) is 11.3 Å². The molecule has 1 heterocycles. The number of aromatic nitrogens is 2. The summed E-state index contributed by atoms with van der Waals surface area (Å²) in [7, 11) is 0. The first-order valence-electron chi connectivity index (χ1n) is 9.41. The standard InChI is InChI=1S/C23H23N3O/c1-15(27)18-9-5-10-19(13-18)22-14-23(25-16(2)24-22)26-21-12-6-8-17-7-3-4-11-20(17)21/h3-5,7,9-11,13-14,21H,6,8,12H2,1-2H3,(H,24,25,26). The molecule has 0 fully saturated rings. The Morgan fingerprint density at radius 2 is 1.93 bits per heavy atom. The van der Waals surface area contributed by atoms with Gasteiger partial charge in [-0.3, -0.25) is 4.79 Å². The highest BCUT2D eigenvalue weighted by atomic mass is 16.1. The molecule has 1 atom stereocenters. The maximum Gasteiger partial charge on any atom is 0.159 e. The molecule has 1 unspecified atom stereocenters. The van der Waals surface area contributed by atoms with Gasteiger partial charge in [-0.15, -0.1) is 0 Å². The first kappa shape index (κ1) is 17.4. The Kier molecular flexibility index (Phi) is 4.71. The fourth-order valence-corrected chi connectivity index (χ4v) is 3.77. The number of rotatable bonds is 4. The fraction of sp³-hybridized carbons (Fsp3) is 0.261. The molecule has 4 rings (SSSR count). The van der Waals surface area contributed by atoms with E-state index in [-0.39, 0.29) is 11.8 Å². The van der Waals surface area contributed by atoms with Crippen LogP contribution in [0.3, 0.4) is 0 Å². The van der Waals surface area contributed by atoms with Crippen molar-refractivity contribution in [3.05, 3.63) is 77.1 Å². The summed E-state index contributed by atoms with van der Waals surface area (Å²) in [6.45, 7) is 3.48.